The van der Waals surface area contributed by atoms with Gasteiger partial charge in [0.15, 0.2) is 0 Å². The Morgan fingerprint density at radius 2 is 1.93 bits per heavy atom. The van der Waals surface area contributed by atoms with Crippen LogP contribution in [0.4, 0.5) is 5.69 Å². The Balaban J connectivity index is 2.45. The van der Waals surface area contributed by atoms with Crippen LogP contribution in [0, 0.1) is 0 Å². The number of carboxylic acid groups (broad SMARTS) is 1. The lowest BCUT2D eigenvalue weighted by Crippen LogP contribution is -2.29. The molecule has 6 heteroatoms. The van der Waals surface area contributed by atoms with E-state index in [1.54, 1.807) is 5.38 Å². The first kappa shape index (κ1) is 9.85. The Kier molecular flexibility index (Phi) is 2.28. The third-order valence-electron chi connectivity index (χ3n) is 2.13. The number of hydrogen-bond acceptors (Lipinski definition) is 4. The number of anilines is 1. The molecule has 1 aliphatic heterocycles. The van der Waals surface area contributed by atoms with Crippen LogP contribution in [0.25, 0.3) is 0 Å². The van der Waals surface area contributed by atoms with Crippen LogP contribution in [0.1, 0.15) is 22.5 Å². The third kappa shape index (κ3) is 1.52. The first-order valence-corrected chi connectivity index (χ1v) is 5.16. The lowest BCUT2D eigenvalue weighted by Gasteiger charge is -2.12. The minimum atomic E-state index is -1.12. The zero-order valence-corrected chi connectivity index (χ0v) is 8.41. The summed E-state index contributed by atoms with van der Waals surface area (Å²) in [5.74, 6) is -1.78. The Morgan fingerprint density at radius 1 is 1.33 bits per heavy atom. The molecular weight excluding hydrogens is 218 g/mol. The fraction of sp³-hybridized carbons (Fsp3) is 0.222. The van der Waals surface area contributed by atoms with Crippen LogP contribution in [-0.2, 0) is 9.59 Å². The van der Waals surface area contributed by atoms with Gasteiger partial charge in [-0.05, 0) is 11.4 Å². The van der Waals surface area contributed by atoms with E-state index in [0.717, 1.165) is 16.2 Å². The fourth-order valence-electron chi connectivity index (χ4n) is 1.48. The second-order valence-corrected chi connectivity index (χ2v) is 3.98. The van der Waals surface area contributed by atoms with Crippen LogP contribution in [0.5, 0.6) is 0 Å². The lowest BCUT2D eigenvalue weighted by atomic mass is 10.3. The average molecular weight is 225 g/mol. The van der Waals surface area contributed by atoms with Gasteiger partial charge in [-0.25, -0.2) is 9.69 Å². The molecule has 1 N–H and O–H groups in total. The number of carbonyl (C=O) groups excluding carboxylic acids is 2. The summed E-state index contributed by atoms with van der Waals surface area (Å²) in [5, 5.41) is 10.4. The van der Waals surface area contributed by atoms with Gasteiger partial charge in [0.2, 0.25) is 11.8 Å². The molecule has 0 aliphatic carbocycles. The molecule has 15 heavy (non-hydrogen) atoms. The smallest absolute Gasteiger partial charge is 0.348 e. The molecule has 1 fully saturated rings. The lowest BCUT2D eigenvalue weighted by molar-refractivity contribution is -0.121. The van der Waals surface area contributed by atoms with Crippen LogP contribution in [0.3, 0.4) is 0 Å². The maximum atomic E-state index is 11.4. The molecule has 1 aromatic heterocycles. The van der Waals surface area contributed by atoms with Crippen molar-refractivity contribution in [2.75, 3.05) is 4.90 Å². The van der Waals surface area contributed by atoms with E-state index in [1.807, 2.05) is 0 Å². The number of hydrogen-bond donors (Lipinski definition) is 1. The van der Waals surface area contributed by atoms with Crippen molar-refractivity contribution in [3.8, 4) is 0 Å². The number of thiophene rings is 1. The molecule has 2 rings (SSSR count). The molecule has 1 aromatic rings. The number of imide groups is 1. The van der Waals surface area contributed by atoms with E-state index >= 15 is 0 Å². The highest BCUT2D eigenvalue weighted by Gasteiger charge is 2.33. The maximum absolute atomic E-state index is 11.4. The van der Waals surface area contributed by atoms with E-state index < -0.39 is 5.97 Å². The zero-order chi connectivity index (χ0) is 11.0. The van der Waals surface area contributed by atoms with Gasteiger partial charge in [0.25, 0.3) is 0 Å². The summed E-state index contributed by atoms with van der Waals surface area (Å²) >= 11 is 1.00. The van der Waals surface area contributed by atoms with Crippen molar-refractivity contribution in [1.29, 1.82) is 0 Å². The first-order chi connectivity index (χ1) is 7.11. The SMILES string of the molecule is O=C(O)c1sccc1N1C(=O)CCC1=O. The highest BCUT2D eigenvalue weighted by atomic mass is 32.1. The largest absolute Gasteiger partial charge is 0.477 e. The molecule has 0 aromatic carbocycles. The molecule has 5 nitrogen and oxygen atoms in total. The number of aromatic carboxylic acids is 1. The second kappa shape index (κ2) is 3.47. The van der Waals surface area contributed by atoms with Gasteiger partial charge in [-0.3, -0.25) is 9.59 Å². The summed E-state index contributed by atoms with van der Waals surface area (Å²) in [5.41, 5.74) is 0.194. The van der Waals surface area contributed by atoms with Gasteiger partial charge in [-0.1, -0.05) is 0 Å². The summed E-state index contributed by atoms with van der Waals surface area (Å²) in [4.78, 5) is 34.5. The molecule has 0 unspecified atom stereocenters. The van der Waals surface area contributed by atoms with Crippen LogP contribution >= 0.6 is 11.3 Å². The molecule has 2 heterocycles. The predicted molar refractivity (Wildman–Crippen MR) is 53.0 cm³/mol. The number of carbonyl (C=O) groups is 3. The number of rotatable bonds is 2. The van der Waals surface area contributed by atoms with Crippen LogP contribution < -0.4 is 4.90 Å². The quantitative estimate of drug-likeness (QED) is 0.765. The minimum absolute atomic E-state index is 0.0265. The van der Waals surface area contributed by atoms with Gasteiger partial charge < -0.3 is 5.11 Å². The number of carboxylic acids is 1. The third-order valence-corrected chi connectivity index (χ3v) is 3.02. The predicted octanol–water partition coefficient (Wildman–Crippen LogP) is 1.10. The second-order valence-electron chi connectivity index (χ2n) is 3.06. The Labute approximate surface area is 88.9 Å². The van der Waals surface area contributed by atoms with E-state index in [-0.39, 0.29) is 35.2 Å². The van der Waals surface area contributed by atoms with Gasteiger partial charge in [0.05, 0.1) is 5.69 Å². The van der Waals surface area contributed by atoms with Gasteiger partial charge in [-0.2, -0.15) is 0 Å². The van der Waals surface area contributed by atoms with Crippen molar-refractivity contribution >= 4 is 34.8 Å². The molecule has 0 bridgehead atoms. The molecule has 0 radical (unpaired) electrons. The monoisotopic (exact) mass is 225 g/mol. The Hall–Kier alpha value is -1.69. The molecule has 2 amide bonds. The maximum Gasteiger partial charge on any atom is 0.348 e. The standard InChI is InChI=1S/C9H7NO4S/c11-6-1-2-7(12)10(6)5-3-4-15-8(5)9(13)14/h3-4H,1-2H2,(H,13,14). The summed E-state index contributed by atoms with van der Waals surface area (Å²) in [6.45, 7) is 0. The summed E-state index contributed by atoms with van der Waals surface area (Å²) < 4.78 is 0. The van der Waals surface area contributed by atoms with Crippen molar-refractivity contribution in [3.05, 3.63) is 16.3 Å². The van der Waals surface area contributed by atoms with Gasteiger partial charge in [0, 0.05) is 12.8 Å². The van der Waals surface area contributed by atoms with E-state index in [2.05, 4.69) is 0 Å². The highest BCUT2D eigenvalue weighted by molar-refractivity contribution is 7.12. The van der Waals surface area contributed by atoms with Gasteiger partial charge >= 0.3 is 5.97 Å². The molecular formula is C9H7NO4S. The van der Waals surface area contributed by atoms with E-state index in [0.29, 0.717) is 0 Å². The number of nitrogens with zero attached hydrogens (tertiary/aromatic N) is 1. The number of amides is 2. The van der Waals surface area contributed by atoms with E-state index in [4.69, 9.17) is 5.11 Å². The van der Waals surface area contributed by atoms with E-state index in [9.17, 15) is 14.4 Å². The van der Waals surface area contributed by atoms with Crippen LogP contribution in [0.2, 0.25) is 0 Å². The molecule has 1 aliphatic rings. The Bertz CT molecular complexity index is 435. The van der Waals surface area contributed by atoms with Crippen LogP contribution in [-0.4, -0.2) is 22.9 Å². The normalized spacial score (nSPS) is 16.1. The summed E-state index contributed by atoms with van der Waals surface area (Å²) in [6, 6.07) is 1.48. The topological polar surface area (TPSA) is 74.7 Å². The van der Waals surface area contributed by atoms with Crippen molar-refractivity contribution in [2.24, 2.45) is 0 Å². The first-order valence-electron chi connectivity index (χ1n) is 4.28. The summed E-state index contributed by atoms with van der Waals surface area (Å²) in [6.07, 6.45) is 0.321. The average Bonchev–Trinajstić information content (AvgIpc) is 2.73. The molecule has 0 spiro atoms. The molecule has 1 saturated heterocycles. The minimum Gasteiger partial charge on any atom is -0.477 e. The van der Waals surface area contributed by atoms with Crippen molar-refractivity contribution in [2.45, 2.75) is 12.8 Å². The fourth-order valence-corrected chi connectivity index (χ4v) is 2.20. The highest BCUT2D eigenvalue weighted by Crippen LogP contribution is 2.30. The van der Waals surface area contributed by atoms with Gasteiger partial charge in [-0.15, -0.1) is 11.3 Å². The summed E-state index contributed by atoms with van der Waals surface area (Å²) in [7, 11) is 0. The molecule has 0 saturated carbocycles. The van der Waals surface area contributed by atoms with Crippen molar-refractivity contribution < 1.29 is 19.5 Å². The molecule has 78 valence electrons. The van der Waals surface area contributed by atoms with Crippen molar-refractivity contribution in [3.63, 3.8) is 0 Å². The van der Waals surface area contributed by atoms with Crippen LogP contribution in [0.15, 0.2) is 11.4 Å². The zero-order valence-electron chi connectivity index (χ0n) is 7.60. The Morgan fingerprint density at radius 3 is 2.47 bits per heavy atom. The van der Waals surface area contributed by atoms with Gasteiger partial charge in [0.1, 0.15) is 4.88 Å². The van der Waals surface area contributed by atoms with Crippen molar-refractivity contribution in [1.82, 2.24) is 0 Å². The van der Waals surface area contributed by atoms with E-state index in [1.165, 1.54) is 6.07 Å². The molecule has 0 atom stereocenters.